The summed E-state index contributed by atoms with van der Waals surface area (Å²) in [5.41, 5.74) is 1.72. The van der Waals surface area contributed by atoms with Gasteiger partial charge in [0.2, 0.25) is 5.91 Å². The second kappa shape index (κ2) is 6.77. The van der Waals surface area contributed by atoms with E-state index >= 15 is 0 Å². The summed E-state index contributed by atoms with van der Waals surface area (Å²) in [5, 5.41) is 4.46. The number of aromatic nitrogens is 3. The van der Waals surface area contributed by atoms with Crippen LogP contribution in [-0.2, 0) is 11.3 Å². The van der Waals surface area contributed by atoms with E-state index in [9.17, 15) is 14.4 Å². The quantitative estimate of drug-likeness (QED) is 0.733. The maximum Gasteiger partial charge on any atom is 0.332 e. The van der Waals surface area contributed by atoms with Crippen LogP contribution in [-0.4, -0.2) is 19.4 Å². The van der Waals surface area contributed by atoms with Crippen molar-refractivity contribution >= 4 is 34.2 Å². The molecule has 1 N–H and O–H groups in total. The Morgan fingerprint density at radius 3 is 2.59 bits per heavy atom. The third-order valence-electron chi connectivity index (χ3n) is 4.77. The number of anilines is 1. The first kappa shape index (κ1) is 17.7. The Labute approximate surface area is 159 Å². The van der Waals surface area contributed by atoms with Gasteiger partial charge in [-0.2, -0.15) is 4.37 Å². The van der Waals surface area contributed by atoms with Crippen molar-refractivity contribution in [1.82, 2.24) is 13.5 Å². The van der Waals surface area contributed by atoms with Crippen LogP contribution in [0, 0.1) is 0 Å². The highest BCUT2D eigenvalue weighted by Gasteiger charge is 2.29. The van der Waals surface area contributed by atoms with Crippen LogP contribution < -0.4 is 16.6 Å². The third kappa shape index (κ3) is 3.32. The van der Waals surface area contributed by atoms with Crippen molar-refractivity contribution in [3.05, 3.63) is 56.0 Å². The predicted octanol–water partition coefficient (Wildman–Crippen LogP) is 2.72. The lowest BCUT2D eigenvalue weighted by Crippen LogP contribution is -2.41. The van der Waals surface area contributed by atoms with Crippen LogP contribution in [0.4, 0.5) is 5.69 Å². The summed E-state index contributed by atoms with van der Waals surface area (Å²) in [6.45, 7) is 4.05. The summed E-state index contributed by atoms with van der Waals surface area (Å²) < 4.78 is 6.71. The number of carbonyl (C=O) groups excluding carboxylic acids is 1. The summed E-state index contributed by atoms with van der Waals surface area (Å²) in [6, 6.07) is 7.57. The summed E-state index contributed by atoms with van der Waals surface area (Å²) >= 11 is 1.11. The minimum atomic E-state index is -0.444. The fourth-order valence-electron chi connectivity index (χ4n) is 3.11. The molecule has 0 bridgehead atoms. The van der Waals surface area contributed by atoms with Gasteiger partial charge in [0, 0.05) is 17.1 Å². The SMILES string of the molecule is CC(C)c1ccc(NC(=O)Cn2c(=O)n(C3CC3)c(=O)c3nscc32)cc1. The predicted molar refractivity (Wildman–Crippen MR) is 106 cm³/mol. The highest BCUT2D eigenvalue weighted by molar-refractivity contribution is 7.04. The number of nitrogens with zero attached hydrogens (tertiary/aromatic N) is 3. The normalized spacial score (nSPS) is 14.0. The van der Waals surface area contributed by atoms with Gasteiger partial charge < -0.3 is 5.32 Å². The van der Waals surface area contributed by atoms with E-state index in [0.29, 0.717) is 17.1 Å². The maximum atomic E-state index is 12.8. The average molecular weight is 384 g/mol. The van der Waals surface area contributed by atoms with Crippen LogP contribution in [0.5, 0.6) is 0 Å². The standard InChI is InChI=1S/C19H20N4O3S/c1-11(2)12-3-5-13(6-4-12)20-16(24)9-22-15-10-27-21-17(15)18(25)23(19(22)26)14-7-8-14/h3-6,10-11,14H,7-9H2,1-2H3,(H,20,24). The topological polar surface area (TPSA) is 86.0 Å². The van der Waals surface area contributed by atoms with Crippen LogP contribution in [0.1, 0.15) is 44.2 Å². The van der Waals surface area contributed by atoms with Gasteiger partial charge in [-0.25, -0.2) is 4.79 Å². The summed E-state index contributed by atoms with van der Waals surface area (Å²) in [7, 11) is 0. The molecular formula is C19H20N4O3S. The number of carbonyl (C=O) groups is 1. The Balaban J connectivity index is 1.63. The molecule has 4 rings (SSSR count). The molecule has 1 aromatic carbocycles. The van der Waals surface area contributed by atoms with Gasteiger partial charge in [0.1, 0.15) is 6.54 Å². The highest BCUT2D eigenvalue weighted by Crippen LogP contribution is 2.32. The van der Waals surface area contributed by atoms with E-state index in [-0.39, 0.29) is 29.6 Å². The highest BCUT2D eigenvalue weighted by atomic mass is 32.1. The van der Waals surface area contributed by atoms with Gasteiger partial charge >= 0.3 is 5.69 Å². The number of rotatable bonds is 5. The lowest BCUT2D eigenvalue weighted by Gasteiger charge is -2.12. The van der Waals surface area contributed by atoms with Gasteiger partial charge in [-0.1, -0.05) is 26.0 Å². The zero-order chi connectivity index (χ0) is 19.1. The zero-order valence-corrected chi connectivity index (χ0v) is 16.0. The van der Waals surface area contributed by atoms with Crippen molar-refractivity contribution in [1.29, 1.82) is 0 Å². The van der Waals surface area contributed by atoms with E-state index in [4.69, 9.17) is 0 Å². The molecule has 0 spiro atoms. The molecule has 1 fully saturated rings. The second-order valence-electron chi connectivity index (χ2n) is 7.15. The van der Waals surface area contributed by atoms with E-state index in [0.717, 1.165) is 24.4 Å². The van der Waals surface area contributed by atoms with E-state index in [1.54, 1.807) is 5.38 Å². The Morgan fingerprint density at radius 2 is 1.96 bits per heavy atom. The maximum absolute atomic E-state index is 12.8. The molecule has 140 valence electrons. The fourth-order valence-corrected chi connectivity index (χ4v) is 3.78. The summed E-state index contributed by atoms with van der Waals surface area (Å²) in [6.07, 6.45) is 1.61. The Kier molecular flexibility index (Phi) is 4.43. The molecule has 27 heavy (non-hydrogen) atoms. The summed E-state index contributed by atoms with van der Waals surface area (Å²) in [5.74, 6) is 0.0964. The third-order valence-corrected chi connectivity index (χ3v) is 5.39. The molecule has 1 saturated carbocycles. The summed E-state index contributed by atoms with van der Waals surface area (Å²) in [4.78, 5) is 37.8. The molecular weight excluding hydrogens is 364 g/mol. The molecule has 8 heteroatoms. The first-order valence-electron chi connectivity index (χ1n) is 8.95. The first-order chi connectivity index (χ1) is 13.0. The zero-order valence-electron chi connectivity index (χ0n) is 15.1. The van der Waals surface area contributed by atoms with E-state index in [2.05, 4.69) is 23.5 Å². The Morgan fingerprint density at radius 1 is 1.26 bits per heavy atom. The Bertz CT molecular complexity index is 1120. The van der Waals surface area contributed by atoms with E-state index in [1.807, 2.05) is 24.3 Å². The van der Waals surface area contributed by atoms with Crippen LogP contribution in [0.15, 0.2) is 39.2 Å². The lowest BCUT2D eigenvalue weighted by molar-refractivity contribution is -0.116. The van der Waals surface area contributed by atoms with Crippen LogP contribution in [0.2, 0.25) is 0 Å². The van der Waals surface area contributed by atoms with Crippen LogP contribution in [0.25, 0.3) is 11.0 Å². The number of hydrogen-bond acceptors (Lipinski definition) is 5. The molecule has 0 radical (unpaired) electrons. The van der Waals surface area contributed by atoms with E-state index in [1.165, 1.54) is 14.7 Å². The van der Waals surface area contributed by atoms with Gasteiger partial charge in [-0.15, -0.1) is 0 Å². The number of fused-ring (bicyclic) bond motifs is 1. The lowest BCUT2D eigenvalue weighted by atomic mass is 10.0. The molecule has 2 heterocycles. The largest absolute Gasteiger partial charge is 0.332 e. The van der Waals surface area contributed by atoms with Gasteiger partial charge in [0.25, 0.3) is 5.56 Å². The Hall–Kier alpha value is -2.74. The minimum absolute atomic E-state index is 0.0750. The van der Waals surface area contributed by atoms with E-state index < -0.39 is 5.69 Å². The van der Waals surface area contributed by atoms with Gasteiger partial charge in [-0.05, 0) is 48.0 Å². The van der Waals surface area contributed by atoms with Gasteiger partial charge in [-0.3, -0.25) is 18.7 Å². The van der Waals surface area contributed by atoms with Crippen molar-refractivity contribution in [2.24, 2.45) is 0 Å². The second-order valence-corrected chi connectivity index (χ2v) is 7.78. The molecule has 1 aliphatic carbocycles. The number of benzene rings is 1. The molecule has 0 aliphatic heterocycles. The smallest absolute Gasteiger partial charge is 0.325 e. The van der Waals surface area contributed by atoms with Crippen LogP contribution >= 0.6 is 11.5 Å². The van der Waals surface area contributed by atoms with Crippen molar-refractivity contribution in [2.45, 2.75) is 45.2 Å². The molecule has 3 aromatic rings. The van der Waals surface area contributed by atoms with Gasteiger partial charge in [0.15, 0.2) is 5.52 Å². The number of nitrogens with one attached hydrogen (secondary N) is 1. The van der Waals surface area contributed by atoms with Crippen LogP contribution in [0.3, 0.4) is 0 Å². The molecule has 0 unspecified atom stereocenters. The minimum Gasteiger partial charge on any atom is -0.325 e. The molecule has 0 atom stereocenters. The molecule has 2 aromatic heterocycles. The van der Waals surface area contributed by atoms with Crippen molar-refractivity contribution in [3.8, 4) is 0 Å². The number of amides is 1. The van der Waals surface area contributed by atoms with Crippen molar-refractivity contribution in [3.63, 3.8) is 0 Å². The first-order valence-corrected chi connectivity index (χ1v) is 9.78. The average Bonchev–Trinajstić information content (AvgIpc) is 3.34. The number of hydrogen-bond donors (Lipinski definition) is 1. The van der Waals surface area contributed by atoms with Gasteiger partial charge in [0.05, 0.1) is 5.52 Å². The van der Waals surface area contributed by atoms with Crippen molar-refractivity contribution in [2.75, 3.05) is 5.32 Å². The molecule has 7 nitrogen and oxygen atoms in total. The molecule has 1 amide bonds. The van der Waals surface area contributed by atoms with Crippen molar-refractivity contribution < 1.29 is 4.79 Å². The molecule has 1 aliphatic rings. The molecule has 0 saturated heterocycles. The fraction of sp³-hybridized carbons (Fsp3) is 0.368. The monoisotopic (exact) mass is 384 g/mol.